The van der Waals surface area contributed by atoms with Crippen LogP contribution < -0.4 is 4.74 Å². The first-order chi connectivity index (χ1) is 5.66. The van der Waals surface area contributed by atoms with Crippen molar-refractivity contribution in [1.29, 1.82) is 0 Å². The number of benzene rings is 1. The van der Waals surface area contributed by atoms with Crippen molar-refractivity contribution in [3.8, 4) is 23.0 Å². The molecule has 0 aromatic heterocycles. The lowest BCUT2D eigenvalue weighted by Gasteiger charge is -2.05. The second-order valence-electron chi connectivity index (χ2n) is 2.06. The Morgan fingerprint density at radius 2 is 1.83 bits per heavy atom. The van der Waals surface area contributed by atoms with Crippen LogP contribution in [0.2, 0.25) is 0 Å². The fourth-order valence-electron chi connectivity index (χ4n) is 0.735. The van der Waals surface area contributed by atoms with Gasteiger partial charge in [-0.2, -0.15) is 0 Å². The van der Waals surface area contributed by atoms with Crippen molar-refractivity contribution in [2.45, 2.75) is 0 Å². The Kier molecular flexibility index (Phi) is 2.09. The summed E-state index contributed by atoms with van der Waals surface area (Å²) < 4.78 is 4.72. The van der Waals surface area contributed by atoms with Crippen LogP contribution in [-0.4, -0.2) is 15.3 Å². The number of rotatable bonds is 2. The van der Waals surface area contributed by atoms with E-state index >= 15 is 0 Å². The third kappa shape index (κ3) is 1.27. The summed E-state index contributed by atoms with van der Waals surface area (Å²) >= 11 is 0. The maximum atomic E-state index is 9.13. The molecular formula is C8H8O4. The highest BCUT2D eigenvalue weighted by molar-refractivity contribution is 5.56. The zero-order valence-electron chi connectivity index (χ0n) is 6.19. The molecule has 4 nitrogen and oxygen atoms in total. The van der Waals surface area contributed by atoms with E-state index in [-0.39, 0.29) is 5.75 Å². The molecule has 0 aliphatic carbocycles. The van der Waals surface area contributed by atoms with Crippen molar-refractivity contribution in [3.63, 3.8) is 0 Å². The summed E-state index contributed by atoms with van der Waals surface area (Å²) in [5, 5.41) is 27.0. The van der Waals surface area contributed by atoms with Gasteiger partial charge in [-0.15, -0.1) is 0 Å². The first-order valence-electron chi connectivity index (χ1n) is 3.18. The third-order valence-corrected chi connectivity index (χ3v) is 1.30. The van der Waals surface area contributed by atoms with Gasteiger partial charge in [0.2, 0.25) is 11.5 Å². The zero-order valence-corrected chi connectivity index (χ0v) is 6.19. The summed E-state index contributed by atoms with van der Waals surface area (Å²) in [5.41, 5.74) is 0. The number of hydrogen-bond donors (Lipinski definition) is 3. The Labute approximate surface area is 69.0 Å². The van der Waals surface area contributed by atoms with Gasteiger partial charge in [0.15, 0.2) is 11.5 Å². The Morgan fingerprint density at radius 3 is 2.42 bits per heavy atom. The van der Waals surface area contributed by atoms with Gasteiger partial charge in [0.1, 0.15) is 0 Å². The second-order valence-corrected chi connectivity index (χ2v) is 2.06. The molecule has 0 radical (unpaired) electrons. The van der Waals surface area contributed by atoms with Crippen molar-refractivity contribution >= 4 is 0 Å². The summed E-state index contributed by atoms with van der Waals surface area (Å²) in [6.45, 7) is 3.27. The van der Waals surface area contributed by atoms with Crippen molar-refractivity contribution < 1.29 is 20.1 Å². The van der Waals surface area contributed by atoms with Crippen molar-refractivity contribution in [3.05, 3.63) is 25.0 Å². The average molecular weight is 168 g/mol. The minimum Gasteiger partial charge on any atom is -0.504 e. The van der Waals surface area contributed by atoms with E-state index in [1.165, 1.54) is 12.1 Å². The van der Waals surface area contributed by atoms with E-state index < -0.39 is 17.2 Å². The van der Waals surface area contributed by atoms with Gasteiger partial charge in [0, 0.05) is 0 Å². The predicted molar refractivity (Wildman–Crippen MR) is 42.3 cm³/mol. The molecule has 0 bridgehead atoms. The van der Waals surface area contributed by atoms with E-state index in [0.29, 0.717) is 0 Å². The fourth-order valence-corrected chi connectivity index (χ4v) is 0.735. The van der Waals surface area contributed by atoms with E-state index in [0.717, 1.165) is 6.26 Å². The molecule has 0 saturated carbocycles. The molecule has 0 aliphatic heterocycles. The summed E-state index contributed by atoms with van der Waals surface area (Å²) in [6, 6.07) is 2.51. The SMILES string of the molecule is C=COc1ccc(O)c(O)c1O. The number of ether oxygens (including phenoxy) is 1. The standard InChI is InChI=1S/C8H8O4/c1-2-12-6-4-3-5(9)7(10)8(6)11/h2-4,9-11H,1H2. The fraction of sp³-hybridized carbons (Fsp3) is 0. The molecule has 0 saturated heterocycles. The van der Waals surface area contributed by atoms with Crippen LogP contribution in [0.5, 0.6) is 23.0 Å². The summed E-state index contributed by atoms with van der Waals surface area (Å²) in [7, 11) is 0. The number of phenolic OH excluding ortho intramolecular Hbond substituents is 3. The normalized spacial score (nSPS) is 9.33. The van der Waals surface area contributed by atoms with Crippen LogP contribution in [0.4, 0.5) is 0 Å². The van der Waals surface area contributed by atoms with Gasteiger partial charge >= 0.3 is 0 Å². The first-order valence-corrected chi connectivity index (χ1v) is 3.18. The van der Waals surface area contributed by atoms with E-state index in [1.807, 2.05) is 0 Å². The van der Waals surface area contributed by atoms with Crippen molar-refractivity contribution in [2.75, 3.05) is 0 Å². The van der Waals surface area contributed by atoms with Gasteiger partial charge in [-0.05, 0) is 12.1 Å². The van der Waals surface area contributed by atoms with Crippen molar-refractivity contribution in [1.82, 2.24) is 0 Å². The quantitative estimate of drug-likeness (QED) is 0.460. The lowest BCUT2D eigenvalue weighted by atomic mass is 10.3. The van der Waals surface area contributed by atoms with E-state index in [4.69, 9.17) is 20.1 Å². The molecule has 12 heavy (non-hydrogen) atoms. The Balaban J connectivity index is 3.16. The summed E-state index contributed by atoms with van der Waals surface area (Å²) in [5.74, 6) is -1.46. The Morgan fingerprint density at radius 1 is 1.17 bits per heavy atom. The molecular weight excluding hydrogens is 160 g/mol. The van der Waals surface area contributed by atoms with Gasteiger partial charge < -0.3 is 20.1 Å². The third-order valence-electron chi connectivity index (χ3n) is 1.30. The highest BCUT2D eigenvalue weighted by atomic mass is 16.5. The van der Waals surface area contributed by atoms with Crippen LogP contribution >= 0.6 is 0 Å². The maximum absolute atomic E-state index is 9.13. The smallest absolute Gasteiger partial charge is 0.205 e. The van der Waals surface area contributed by atoms with Gasteiger partial charge in [0.25, 0.3) is 0 Å². The minimum atomic E-state index is -0.602. The van der Waals surface area contributed by atoms with Gasteiger partial charge in [-0.3, -0.25) is 0 Å². The molecule has 3 N–H and O–H groups in total. The first kappa shape index (κ1) is 8.26. The van der Waals surface area contributed by atoms with Crippen LogP contribution in [0.1, 0.15) is 0 Å². The predicted octanol–water partition coefficient (Wildman–Crippen LogP) is 1.33. The van der Waals surface area contributed by atoms with Crippen LogP contribution in [0.25, 0.3) is 0 Å². The highest BCUT2D eigenvalue weighted by Gasteiger charge is 2.10. The molecule has 0 spiro atoms. The van der Waals surface area contributed by atoms with Gasteiger partial charge in [0.05, 0.1) is 6.26 Å². The molecule has 0 atom stereocenters. The van der Waals surface area contributed by atoms with E-state index in [9.17, 15) is 0 Å². The maximum Gasteiger partial charge on any atom is 0.205 e. The molecule has 4 heteroatoms. The number of phenols is 3. The molecule has 0 aliphatic rings. The van der Waals surface area contributed by atoms with Crippen LogP contribution in [0.3, 0.4) is 0 Å². The molecule has 0 heterocycles. The van der Waals surface area contributed by atoms with E-state index in [1.54, 1.807) is 0 Å². The topological polar surface area (TPSA) is 69.9 Å². The highest BCUT2D eigenvalue weighted by Crippen LogP contribution is 2.41. The molecule has 1 rings (SSSR count). The summed E-state index contributed by atoms with van der Waals surface area (Å²) in [4.78, 5) is 0. The molecule has 1 aromatic carbocycles. The zero-order chi connectivity index (χ0) is 9.14. The molecule has 64 valence electrons. The lowest BCUT2D eigenvalue weighted by molar-refractivity contribution is 0.349. The largest absolute Gasteiger partial charge is 0.504 e. The Bertz CT molecular complexity index is 306. The van der Waals surface area contributed by atoms with E-state index in [2.05, 4.69) is 6.58 Å². The molecule has 1 aromatic rings. The molecule has 0 amide bonds. The van der Waals surface area contributed by atoms with Gasteiger partial charge in [-0.1, -0.05) is 6.58 Å². The lowest BCUT2D eigenvalue weighted by Crippen LogP contribution is -1.81. The Hall–Kier alpha value is -1.84. The number of aromatic hydroxyl groups is 3. The second kappa shape index (κ2) is 3.04. The van der Waals surface area contributed by atoms with Gasteiger partial charge in [-0.25, -0.2) is 0 Å². The molecule has 0 unspecified atom stereocenters. The average Bonchev–Trinajstić information content (AvgIpc) is 2.07. The van der Waals surface area contributed by atoms with Crippen LogP contribution in [0.15, 0.2) is 25.0 Å². The molecule has 0 fully saturated rings. The monoisotopic (exact) mass is 168 g/mol. The minimum absolute atomic E-state index is 0.0419. The number of hydrogen-bond acceptors (Lipinski definition) is 4. The van der Waals surface area contributed by atoms with Crippen LogP contribution in [-0.2, 0) is 0 Å². The van der Waals surface area contributed by atoms with Crippen molar-refractivity contribution in [2.24, 2.45) is 0 Å². The summed E-state index contributed by atoms with van der Waals surface area (Å²) in [6.07, 6.45) is 1.10. The van der Waals surface area contributed by atoms with Crippen LogP contribution in [0, 0.1) is 0 Å².